The second kappa shape index (κ2) is 7.32. The van der Waals surface area contributed by atoms with Crippen molar-refractivity contribution >= 4 is 0 Å². The molecule has 0 aromatic rings. The Kier molecular flexibility index (Phi) is 6.40. The Labute approximate surface area is 126 Å². The van der Waals surface area contributed by atoms with Gasteiger partial charge in [-0.1, -0.05) is 28.4 Å². The highest BCUT2D eigenvalue weighted by atomic mass is 127. The van der Waals surface area contributed by atoms with Gasteiger partial charge in [0.25, 0.3) is 22.6 Å². The highest BCUT2D eigenvalue weighted by Crippen LogP contribution is 2.22. The SMILES string of the molecule is CC1=C(C)CCC([IH+])=C1.CC1=CC(C)=C(C)CC1. The molecule has 100 valence electrons. The van der Waals surface area contributed by atoms with E-state index in [0.717, 1.165) is 0 Å². The third-order valence-electron chi connectivity index (χ3n) is 3.83. The maximum Gasteiger partial charge on any atom is 0.291 e. The van der Waals surface area contributed by atoms with Crippen LogP contribution in [0.5, 0.6) is 0 Å². The second-order valence-corrected chi connectivity index (χ2v) is 7.02. The van der Waals surface area contributed by atoms with E-state index in [2.05, 4.69) is 69.4 Å². The van der Waals surface area contributed by atoms with Crippen LogP contribution in [0.15, 0.2) is 43.6 Å². The molecule has 0 spiro atoms. The molecule has 2 aliphatic carbocycles. The zero-order chi connectivity index (χ0) is 13.7. The Morgan fingerprint density at radius 2 is 1.22 bits per heavy atom. The van der Waals surface area contributed by atoms with Crippen molar-refractivity contribution in [2.75, 3.05) is 0 Å². The molecule has 0 heterocycles. The van der Waals surface area contributed by atoms with E-state index in [1.54, 1.807) is 11.1 Å². The molecule has 0 nitrogen and oxygen atoms in total. The zero-order valence-corrected chi connectivity index (χ0v) is 14.7. The summed E-state index contributed by atoms with van der Waals surface area (Å²) in [7, 11) is 0. The fraction of sp³-hybridized carbons (Fsp3) is 0.529. The van der Waals surface area contributed by atoms with Crippen molar-refractivity contribution in [3.63, 3.8) is 0 Å². The van der Waals surface area contributed by atoms with E-state index in [-0.39, 0.29) is 0 Å². The topological polar surface area (TPSA) is 0 Å². The van der Waals surface area contributed by atoms with Crippen LogP contribution in [0.2, 0.25) is 0 Å². The molecule has 0 saturated carbocycles. The van der Waals surface area contributed by atoms with Gasteiger partial charge in [0.2, 0.25) is 0 Å². The molecule has 0 amide bonds. The lowest BCUT2D eigenvalue weighted by molar-refractivity contribution is -0.307. The van der Waals surface area contributed by atoms with Gasteiger partial charge in [-0.2, -0.15) is 0 Å². The van der Waals surface area contributed by atoms with E-state index >= 15 is 0 Å². The van der Waals surface area contributed by atoms with Gasteiger partial charge in [-0.05, 0) is 65.5 Å². The molecule has 0 fully saturated rings. The summed E-state index contributed by atoms with van der Waals surface area (Å²) in [5.74, 6) is 0. The molecule has 18 heavy (non-hydrogen) atoms. The molecule has 0 atom stereocenters. The predicted molar refractivity (Wildman–Crippen MR) is 78.5 cm³/mol. The van der Waals surface area contributed by atoms with E-state index < -0.39 is 0 Å². The summed E-state index contributed by atoms with van der Waals surface area (Å²) in [5.41, 5.74) is 7.58. The highest BCUT2D eigenvalue weighted by Gasteiger charge is 2.09. The summed E-state index contributed by atoms with van der Waals surface area (Å²) < 4.78 is 1.54. The van der Waals surface area contributed by atoms with Crippen LogP contribution in [-0.2, 0) is 0 Å². The van der Waals surface area contributed by atoms with Gasteiger partial charge < -0.3 is 0 Å². The lowest BCUT2D eigenvalue weighted by Crippen LogP contribution is -3.33. The fourth-order valence-electron chi connectivity index (χ4n) is 2.09. The van der Waals surface area contributed by atoms with Crippen LogP contribution in [-0.4, -0.2) is 0 Å². The van der Waals surface area contributed by atoms with Crippen LogP contribution in [0.4, 0.5) is 0 Å². The van der Waals surface area contributed by atoms with Gasteiger partial charge in [0, 0.05) is 6.42 Å². The number of hydrogen-bond acceptors (Lipinski definition) is 0. The van der Waals surface area contributed by atoms with Crippen LogP contribution in [0.3, 0.4) is 0 Å². The zero-order valence-electron chi connectivity index (χ0n) is 12.4. The number of hydrogen-bond donors (Lipinski definition) is 0. The van der Waals surface area contributed by atoms with Crippen molar-refractivity contribution in [1.82, 2.24) is 0 Å². The summed E-state index contributed by atoms with van der Waals surface area (Å²) in [5, 5.41) is 0. The highest BCUT2D eigenvalue weighted by molar-refractivity contribution is 5.30. The molecule has 0 unspecified atom stereocenters. The van der Waals surface area contributed by atoms with E-state index in [1.165, 1.54) is 46.0 Å². The largest absolute Gasteiger partial charge is 0.291 e. The van der Waals surface area contributed by atoms with Crippen molar-refractivity contribution in [2.45, 2.75) is 60.3 Å². The van der Waals surface area contributed by atoms with E-state index in [4.69, 9.17) is 0 Å². The van der Waals surface area contributed by atoms with E-state index in [1.807, 2.05) is 0 Å². The summed E-state index contributed by atoms with van der Waals surface area (Å²) in [4.78, 5) is 0. The van der Waals surface area contributed by atoms with Crippen LogP contribution in [0, 0.1) is 0 Å². The number of rotatable bonds is 0. The minimum Gasteiger partial charge on any atom is -0.0727 e. The first-order chi connectivity index (χ1) is 8.40. The monoisotopic (exact) mass is 357 g/mol. The lowest BCUT2D eigenvalue weighted by atomic mass is 9.95. The summed E-state index contributed by atoms with van der Waals surface area (Å²) >= 11 is 2.14. The number of halogens is 1. The Morgan fingerprint density at radius 1 is 0.722 bits per heavy atom. The normalized spacial score (nSPS) is 20.1. The summed E-state index contributed by atoms with van der Waals surface area (Å²) in [6, 6.07) is 0. The van der Waals surface area contributed by atoms with Gasteiger partial charge in [0.05, 0.1) is 0 Å². The molecule has 0 aromatic carbocycles. The van der Waals surface area contributed by atoms with Crippen molar-refractivity contribution in [2.24, 2.45) is 0 Å². The van der Waals surface area contributed by atoms with Crippen LogP contribution in [0.25, 0.3) is 0 Å². The molecule has 0 bridgehead atoms. The molecule has 2 aliphatic rings. The maximum absolute atomic E-state index is 2.29. The Bertz CT molecular complexity index is 389. The van der Waals surface area contributed by atoms with Crippen molar-refractivity contribution in [3.05, 3.63) is 43.6 Å². The maximum atomic E-state index is 2.29. The third-order valence-corrected chi connectivity index (χ3v) is 4.75. The quantitative estimate of drug-likeness (QED) is 0.584. The molecule has 0 N–H and O–H groups in total. The van der Waals surface area contributed by atoms with E-state index in [0.29, 0.717) is 0 Å². The van der Waals surface area contributed by atoms with Crippen LogP contribution in [0.1, 0.15) is 60.3 Å². The molecule has 2 rings (SSSR count). The minimum absolute atomic E-state index is 1.27. The predicted octanol–water partition coefficient (Wildman–Crippen LogP) is 2.35. The standard InChI is InChI=1S/C9H14.C8H12I/c1-7-4-5-8(2)9(3)6-7;1-6-3-4-8(9)5-7(6)2/h6H,4-5H2,1-3H3;5,9H,3-4H2,1-2H3/q;+1. The van der Waals surface area contributed by atoms with Gasteiger partial charge in [0.1, 0.15) is 0 Å². The van der Waals surface area contributed by atoms with Crippen molar-refractivity contribution < 1.29 is 22.6 Å². The molecular formula is C17H26I+. The van der Waals surface area contributed by atoms with Crippen LogP contribution >= 0.6 is 0 Å². The molecule has 0 aromatic heterocycles. The van der Waals surface area contributed by atoms with Crippen LogP contribution < -0.4 is 22.6 Å². The Hall–Kier alpha value is -0.310. The van der Waals surface area contributed by atoms with Gasteiger partial charge in [-0.15, -0.1) is 0 Å². The summed E-state index contributed by atoms with van der Waals surface area (Å²) in [6.45, 7) is 11.0. The van der Waals surface area contributed by atoms with Crippen molar-refractivity contribution in [3.8, 4) is 0 Å². The Balaban J connectivity index is 0.000000180. The third kappa shape index (κ3) is 5.13. The molecule has 0 saturated heterocycles. The summed E-state index contributed by atoms with van der Waals surface area (Å²) in [6.07, 6.45) is 9.67. The first-order valence-electron chi connectivity index (χ1n) is 6.77. The van der Waals surface area contributed by atoms with Gasteiger partial charge in [-0.3, -0.25) is 0 Å². The average molecular weight is 357 g/mol. The molecule has 0 aliphatic heterocycles. The van der Waals surface area contributed by atoms with Gasteiger partial charge >= 0.3 is 0 Å². The molecular weight excluding hydrogens is 331 g/mol. The van der Waals surface area contributed by atoms with Gasteiger partial charge in [0.15, 0.2) is 3.58 Å². The van der Waals surface area contributed by atoms with E-state index in [9.17, 15) is 0 Å². The molecule has 0 radical (unpaired) electrons. The van der Waals surface area contributed by atoms with Crippen molar-refractivity contribution in [1.29, 1.82) is 0 Å². The smallest absolute Gasteiger partial charge is 0.0727 e. The second-order valence-electron chi connectivity index (χ2n) is 5.53. The average Bonchev–Trinajstić information content (AvgIpc) is 2.30. The minimum atomic E-state index is 1.27. The fourth-order valence-corrected chi connectivity index (χ4v) is 2.89. The first-order valence-corrected chi connectivity index (χ1v) is 7.94. The first kappa shape index (κ1) is 15.7. The van der Waals surface area contributed by atoms with Gasteiger partial charge in [-0.25, -0.2) is 0 Å². The Morgan fingerprint density at radius 3 is 1.61 bits per heavy atom. The lowest BCUT2D eigenvalue weighted by Gasteiger charge is -2.11. The number of allylic oxidation sites excluding steroid dienone is 8. The molecule has 1 heteroatoms.